The topological polar surface area (TPSA) is 22.8 Å². The molecule has 240 valence electrons. The van der Waals surface area contributed by atoms with Crippen molar-refractivity contribution in [3.8, 4) is 33.8 Å². The average molecular weight is 652 g/mol. The molecular weight excluding hydrogens is 619 g/mol. The smallest absolute Gasteiger partial charge is 0.0715 e. The highest BCUT2D eigenvalue weighted by Gasteiger charge is 2.20. The van der Waals surface area contributed by atoms with Crippen LogP contribution in [0, 0.1) is 0 Å². The maximum atomic E-state index is 5.15. The van der Waals surface area contributed by atoms with Crippen molar-refractivity contribution < 1.29 is 0 Å². The number of pyridine rings is 1. The summed E-state index contributed by atoms with van der Waals surface area (Å²) in [6.07, 6.45) is 11.7. The molecule has 0 spiro atoms. The summed E-state index contributed by atoms with van der Waals surface area (Å²) in [4.78, 5) is 5.15. The molecule has 0 atom stereocenters. The van der Waals surface area contributed by atoms with Crippen LogP contribution in [0.4, 0.5) is 0 Å². The van der Waals surface area contributed by atoms with Crippen molar-refractivity contribution in [3.63, 3.8) is 0 Å². The van der Waals surface area contributed by atoms with E-state index in [2.05, 4.69) is 197 Å². The lowest BCUT2D eigenvalue weighted by Gasteiger charge is -2.13. The SMILES string of the molecule is C1=CCC=C(c2cc(-c3ccc(-n4c5ccccc5c5ccc6c(c7ccccc7n6-c6ccccc6)c54)cc3)cc(-c3ccccc3)n2)C=C1. The average Bonchev–Trinajstić information content (AvgIpc) is 3.56. The highest BCUT2D eigenvalue weighted by Crippen LogP contribution is 2.42. The summed E-state index contributed by atoms with van der Waals surface area (Å²) in [5.41, 5.74) is 13.6. The molecule has 0 radical (unpaired) electrons. The van der Waals surface area contributed by atoms with E-state index >= 15 is 0 Å². The van der Waals surface area contributed by atoms with Gasteiger partial charge < -0.3 is 9.13 Å². The lowest BCUT2D eigenvalue weighted by Crippen LogP contribution is -1.96. The van der Waals surface area contributed by atoms with Crippen molar-refractivity contribution in [3.05, 3.63) is 194 Å². The Kier molecular flexibility index (Phi) is 6.88. The van der Waals surface area contributed by atoms with Gasteiger partial charge in [0, 0.05) is 38.5 Å². The lowest BCUT2D eigenvalue weighted by atomic mass is 9.99. The zero-order valence-electron chi connectivity index (χ0n) is 27.9. The first-order chi connectivity index (χ1) is 25.3. The van der Waals surface area contributed by atoms with Crippen molar-refractivity contribution in [2.24, 2.45) is 0 Å². The van der Waals surface area contributed by atoms with Crippen LogP contribution < -0.4 is 0 Å². The van der Waals surface area contributed by atoms with E-state index in [1.54, 1.807) is 0 Å². The van der Waals surface area contributed by atoms with E-state index in [-0.39, 0.29) is 0 Å². The molecule has 0 aliphatic heterocycles. The van der Waals surface area contributed by atoms with E-state index < -0.39 is 0 Å². The predicted octanol–water partition coefficient (Wildman–Crippen LogP) is 12.5. The summed E-state index contributed by atoms with van der Waals surface area (Å²) < 4.78 is 4.86. The van der Waals surface area contributed by atoms with E-state index in [0.717, 1.165) is 51.4 Å². The highest BCUT2D eigenvalue weighted by atomic mass is 15.0. The van der Waals surface area contributed by atoms with Crippen molar-refractivity contribution in [1.29, 1.82) is 0 Å². The van der Waals surface area contributed by atoms with Crippen molar-refractivity contribution in [1.82, 2.24) is 14.1 Å². The Hall–Kier alpha value is -6.71. The molecule has 1 aliphatic rings. The minimum Gasteiger partial charge on any atom is -0.309 e. The molecule has 9 aromatic rings. The van der Waals surface area contributed by atoms with Crippen LogP contribution in [0.15, 0.2) is 188 Å². The second-order valence-electron chi connectivity index (χ2n) is 13.1. The Bertz CT molecular complexity index is 2850. The third-order valence-corrected chi connectivity index (χ3v) is 10.1. The Balaban J connectivity index is 1.18. The van der Waals surface area contributed by atoms with Crippen LogP contribution in [0.2, 0.25) is 0 Å². The van der Waals surface area contributed by atoms with Crippen LogP contribution in [0.3, 0.4) is 0 Å². The number of para-hydroxylation sites is 3. The van der Waals surface area contributed by atoms with Gasteiger partial charge in [0.15, 0.2) is 0 Å². The molecule has 3 nitrogen and oxygen atoms in total. The second-order valence-corrected chi connectivity index (χ2v) is 13.1. The molecule has 3 heterocycles. The Labute approximate surface area is 296 Å². The summed E-state index contributed by atoms with van der Waals surface area (Å²) in [5.74, 6) is 0. The molecule has 0 saturated carbocycles. The van der Waals surface area contributed by atoms with Crippen LogP contribution in [0.25, 0.3) is 82.9 Å². The van der Waals surface area contributed by atoms with E-state index in [1.807, 2.05) is 0 Å². The number of fused-ring (bicyclic) bond motifs is 7. The normalized spacial score (nSPS) is 13.0. The number of aromatic nitrogens is 3. The standard InChI is InChI=1S/C48H33N3/c1-2-6-16-34(15-5-1)42-31-36(32-43(49-42)35-17-7-3-8-18-35)33-25-27-38(28-26-33)51-44-23-13-11-21-39(44)40-29-30-46-47(48(40)51)41-22-12-14-24-45(41)50(46)37-19-9-4-10-20-37/h1-5,7-32H,6H2. The molecule has 6 aromatic carbocycles. The molecule has 10 rings (SSSR count). The zero-order valence-corrected chi connectivity index (χ0v) is 27.9. The number of hydrogen-bond acceptors (Lipinski definition) is 1. The Morgan fingerprint density at radius 1 is 0.451 bits per heavy atom. The van der Waals surface area contributed by atoms with Gasteiger partial charge in [-0.3, -0.25) is 0 Å². The molecule has 0 unspecified atom stereocenters. The van der Waals surface area contributed by atoms with Gasteiger partial charge in [-0.1, -0.05) is 134 Å². The molecule has 1 aliphatic carbocycles. The molecular formula is C48H33N3. The summed E-state index contributed by atoms with van der Waals surface area (Å²) in [6.45, 7) is 0. The van der Waals surface area contributed by atoms with Gasteiger partial charge in [0.2, 0.25) is 0 Å². The molecule has 0 saturated heterocycles. The monoisotopic (exact) mass is 651 g/mol. The molecule has 51 heavy (non-hydrogen) atoms. The van der Waals surface area contributed by atoms with E-state index in [1.165, 1.54) is 43.6 Å². The molecule has 0 bridgehead atoms. The molecule has 3 aromatic heterocycles. The fourth-order valence-electron chi connectivity index (χ4n) is 7.81. The van der Waals surface area contributed by atoms with Gasteiger partial charge in [-0.15, -0.1) is 0 Å². The maximum Gasteiger partial charge on any atom is 0.0715 e. The van der Waals surface area contributed by atoms with E-state index in [0.29, 0.717) is 0 Å². The third-order valence-electron chi connectivity index (χ3n) is 10.1. The fourth-order valence-corrected chi connectivity index (χ4v) is 7.81. The van der Waals surface area contributed by atoms with Gasteiger partial charge in [0.25, 0.3) is 0 Å². The van der Waals surface area contributed by atoms with Gasteiger partial charge in [0.05, 0.1) is 33.5 Å². The summed E-state index contributed by atoms with van der Waals surface area (Å²) in [6, 6.07) is 56.9. The first-order valence-electron chi connectivity index (χ1n) is 17.5. The Morgan fingerprint density at radius 3 is 1.92 bits per heavy atom. The Morgan fingerprint density at radius 2 is 1.12 bits per heavy atom. The largest absolute Gasteiger partial charge is 0.309 e. The maximum absolute atomic E-state index is 5.15. The molecule has 0 amide bonds. The van der Waals surface area contributed by atoms with Crippen molar-refractivity contribution in [2.75, 3.05) is 0 Å². The third kappa shape index (κ3) is 4.86. The van der Waals surface area contributed by atoms with Crippen LogP contribution in [0.5, 0.6) is 0 Å². The van der Waals surface area contributed by atoms with Crippen molar-refractivity contribution >= 4 is 49.2 Å². The zero-order chi connectivity index (χ0) is 33.7. The van der Waals surface area contributed by atoms with Gasteiger partial charge >= 0.3 is 0 Å². The van der Waals surface area contributed by atoms with Crippen LogP contribution >= 0.6 is 0 Å². The molecule has 0 N–H and O–H groups in total. The van der Waals surface area contributed by atoms with Gasteiger partial charge in [-0.05, 0) is 77.7 Å². The predicted molar refractivity (Wildman–Crippen MR) is 215 cm³/mol. The number of nitrogens with zero attached hydrogens (tertiary/aromatic N) is 3. The summed E-state index contributed by atoms with van der Waals surface area (Å²) >= 11 is 0. The first kappa shape index (κ1) is 29.2. The first-order valence-corrected chi connectivity index (χ1v) is 17.5. The molecule has 3 heteroatoms. The van der Waals surface area contributed by atoms with Crippen LogP contribution in [0.1, 0.15) is 12.1 Å². The van der Waals surface area contributed by atoms with Crippen molar-refractivity contribution in [2.45, 2.75) is 6.42 Å². The lowest BCUT2D eigenvalue weighted by molar-refractivity contribution is 1.17. The molecule has 0 fully saturated rings. The quantitative estimate of drug-likeness (QED) is 0.182. The van der Waals surface area contributed by atoms with Gasteiger partial charge in [0.1, 0.15) is 0 Å². The minimum absolute atomic E-state index is 0.889. The second kappa shape index (κ2) is 12.0. The summed E-state index contributed by atoms with van der Waals surface area (Å²) in [7, 11) is 0. The van der Waals surface area contributed by atoms with Crippen LogP contribution in [-0.2, 0) is 0 Å². The summed E-state index contributed by atoms with van der Waals surface area (Å²) in [5, 5.41) is 5.01. The highest BCUT2D eigenvalue weighted by molar-refractivity contribution is 6.26. The number of rotatable bonds is 5. The van der Waals surface area contributed by atoms with Crippen LogP contribution in [-0.4, -0.2) is 14.1 Å². The fraction of sp³-hybridized carbons (Fsp3) is 0.0208. The number of benzene rings is 6. The van der Waals surface area contributed by atoms with E-state index in [9.17, 15) is 0 Å². The van der Waals surface area contributed by atoms with Gasteiger partial charge in [-0.25, -0.2) is 4.98 Å². The number of hydrogen-bond donors (Lipinski definition) is 0. The van der Waals surface area contributed by atoms with Gasteiger partial charge in [-0.2, -0.15) is 0 Å². The van der Waals surface area contributed by atoms with E-state index in [4.69, 9.17) is 4.98 Å². The minimum atomic E-state index is 0.889. The number of allylic oxidation sites excluding steroid dienone is 6.